The van der Waals surface area contributed by atoms with E-state index in [1.54, 1.807) is 35.9 Å². The highest BCUT2D eigenvalue weighted by Gasteiger charge is 2.30. The van der Waals surface area contributed by atoms with Gasteiger partial charge in [-0.25, -0.2) is 0 Å². The summed E-state index contributed by atoms with van der Waals surface area (Å²) in [6.45, 7) is 0. The molecule has 0 aliphatic carbocycles. The van der Waals surface area contributed by atoms with Gasteiger partial charge in [-0.1, -0.05) is 30.0 Å². The molecule has 32 heavy (non-hydrogen) atoms. The molecule has 2 aromatic carbocycles. The Balaban J connectivity index is 1.60. The minimum Gasteiger partial charge on any atom is -0.497 e. The Hall–Kier alpha value is -3.34. The number of nitrogens with one attached hydrogen (secondary N) is 1. The number of carbonyl (C=O) groups is 2. The Labute approximate surface area is 186 Å². The summed E-state index contributed by atoms with van der Waals surface area (Å²) in [6.07, 6.45) is -4.69. The molecule has 0 saturated carbocycles. The fraction of sp³-hybridized carbons (Fsp3) is 0.238. The SMILES string of the molecule is COc1cccc(C(=O)CSc2nnc(CC(=O)Nc3cccc(C(F)(F)F)c3)n2C)c1. The number of ketones is 1. The lowest BCUT2D eigenvalue weighted by molar-refractivity contribution is -0.137. The molecule has 0 unspecified atom stereocenters. The molecule has 0 spiro atoms. The van der Waals surface area contributed by atoms with Crippen LogP contribution in [-0.4, -0.2) is 39.3 Å². The smallest absolute Gasteiger partial charge is 0.416 e. The van der Waals surface area contributed by atoms with Gasteiger partial charge in [-0.15, -0.1) is 10.2 Å². The Kier molecular flexibility index (Phi) is 7.18. The van der Waals surface area contributed by atoms with Crippen LogP contribution in [0.5, 0.6) is 5.75 Å². The third kappa shape index (κ3) is 5.88. The molecule has 3 rings (SSSR count). The van der Waals surface area contributed by atoms with E-state index < -0.39 is 17.6 Å². The van der Waals surface area contributed by atoms with Gasteiger partial charge in [0, 0.05) is 18.3 Å². The van der Waals surface area contributed by atoms with E-state index in [1.807, 2.05) is 0 Å². The van der Waals surface area contributed by atoms with Crippen molar-refractivity contribution in [1.82, 2.24) is 14.8 Å². The van der Waals surface area contributed by atoms with E-state index >= 15 is 0 Å². The average Bonchev–Trinajstić information content (AvgIpc) is 3.10. The van der Waals surface area contributed by atoms with Gasteiger partial charge in [0.15, 0.2) is 10.9 Å². The zero-order valence-corrected chi connectivity index (χ0v) is 18.0. The second kappa shape index (κ2) is 9.86. The van der Waals surface area contributed by atoms with E-state index in [4.69, 9.17) is 4.74 Å². The van der Waals surface area contributed by atoms with E-state index in [0.717, 1.165) is 23.9 Å². The van der Waals surface area contributed by atoms with E-state index in [0.29, 0.717) is 22.3 Å². The summed E-state index contributed by atoms with van der Waals surface area (Å²) in [5, 5.41) is 10.8. The molecular formula is C21H19F3N4O3S. The van der Waals surface area contributed by atoms with Crippen LogP contribution in [0.1, 0.15) is 21.7 Å². The number of halogens is 3. The molecule has 168 valence electrons. The number of benzene rings is 2. The molecular weight excluding hydrogens is 445 g/mol. The number of anilines is 1. The highest BCUT2D eigenvalue weighted by Crippen LogP contribution is 2.30. The third-order valence-corrected chi connectivity index (χ3v) is 5.46. The lowest BCUT2D eigenvalue weighted by Gasteiger charge is -2.10. The topological polar surface area (TPSA) is 86.1 Å². The summed E-state index contributed by atoms with van der Waals surface area (Å²) in [7, 11) is 3.16. The van der Waals surface area contributed by atoms with Gasteiger partial charge in [-0.05, 0) is 30.3 Å². The summed E-state index contributed by atoms with van der Waals surface area (Å²) in [6, 6.07) is 11.2. The molecule has 0 aliphatic heterocycles. The van der Waals surface area contributed by atoms with Crippen molar-refractivity contribution in [2.24, 2.45) is 7.05 Å². The van der Waals surface area contributed by atoms with Gasteiger partial charge in [0.1, 0.15) is 11.6 Å². The van der Waals surface area contributed by atoms with Crippen LogP contribution in [-0.2, 0) is 24.4 Å². The molecule has 0 aliphatic rings. The Morgan fingerprint density at radius 2 is 1.88 bits per heavy atom. The van der Waals surface area contributed by atoms with E-state index in [2.05, 4.69) is 15.5 Å². The number of hydrogen-bond acceptors (Lipinski definition) is 6. The number of hydrogen-bond donors (Lipinski definition) is 1. The highest BCUT2D eigenvalue weighted by atomic mass is 32.2. The fourth-order valence-corrected chi connectivity index (χ4v) is 3.58. The number of nitrogens with zero attached hydrogens (tertiary/aromatic N) is 3. The molecule has 0 bridgehead atoms. The molecule has 0 fully saturated rings. The summed E-state index contributed by atoms with van der Waals surface area (Å²) in [5.74, 6) is 0.333. The molecule has 1 aromatic heterocycles. The summed E-state index contributed by atoms with van der Waals surface area (Å²) in [5.41, 5.74) is -0.321. The zero-order chi connectivity index (χ0) is 23.3. The summed E-state index contributed by atoms with van der Waals surface area (Å²) < 4.78 is 45.1. The number of rotatable bonds is 8. The van der Waals surface area contributed by atoms with Gasteiger partial charge >= 0.3 is 6.18 Å². The first-order valence-electron chi connectivity index (χ1n) is 9.33. The number of amides is 1. The fourth-order valence-electron chi connectivity index (χ4n) is 2.76. The van der Waals surface area contributed by atoms with Gasteiger partial charge in [-0.2, -0.15) is 13.2 Å². The zero-order valence-electron chi connectivity index (χ0n) is 17.1. The highest BCUT2D eigenvalue weighted by molar-refractivity contribution is 7.99. The van der Waals surface area contributed by atoms with Crippen molar-refractivity contribution in [2.45, 2.75) is 17.8 Å². The number of thioether (sulfide) groups is 1. The van der Waals surface area contributed by atoms with Crippen LogP contribution < -0.4 is 10.1 Å². The van der Waals surface area contributed by atoms with Crippen molar-refractivity contribution in [2.75, 3.05) is 18.2 Å². The Morgan fingerprint density at radius 1 is 1.12 bits per heavy atom. The van der Waals surface area contributed by atoms with E-state index in [-0.39, 0.29) is 23.6 Å². The summed E-state index contributed by atoms with van der Waals surface area (Å²) in [4.78, 5) is 24.7. The first-order chi connectivity index (χ1) is 15.2. The van der Waals surface area contributed by atoms with Crippen molar-refractivity contribution in [3.63, 3.8) is 0 Å². The maximum atomic E-state index is 12.8. The van der Waals surface area contributed by atoms with Gasteiger partial charge in [0.25, 0.3) is 0 Å². The van der Waals surface area contributed by atoms with Crippen LogP contribution >= 0.6 is 11.8 Å². The van der Waals surface area contributed by atoms with Crippen molar-refractivity contribution in [3.8, 4) is 5.75 Å². The largest absolute Gasteiger partial charge is 0.497 e. The molecule has 1 heterocycles. The predicted octanol–water partition coefficient (Wildman–Crippen LogP) is 4.00. The maximum absolute atomic E-state index is 12.8. The average molecular weight is 464 g/mol. The monoisotopic (exact) mass is 464 g/mol. The minimum absolute atomic E-state index is 0.0328. The number of carbonyl (C=O) groups excluding carboxylic acids is 2. The van der Waals surface area contributed by atoms with Crippen LogP contribution in [0.25, 0.3) is 0 Å². The number of methoxy groups -OCH3 is 1. The van der Waals surface area contributed by atoms with Crippen molar-refractivity contribution < 1.29 is 27.5 Å². The molecule has 1 amide bonds. The lowest BCUT2D eigenvalue weighted by Crippen LogP contribution is -2.17. The number of alkyl halides is 3. The molecule has 0 saturated heterocycles. The van der Waals surface area contributed by atoms with Gasteiger partial charge in [-0.3, -0.25) is 9.59 Å². The van der Waals surface area contributed by atoms with Crippen LogP contribution in [0.3, 0.4) is 0 Å². The van der Waals surface area contributed by atoms with E-state index in [9.17, 15) is 22.8 Å². The van der Waals surface area contributed by atoms with Crippen LogP contribution in [0.15, 0.2) is 53.7 Å². The quantitative estimate of drug-likeness (QED) is 0.401. The number of ether oxygens (including phenoxy) is 1. The first-order valence-corrected chi connectivity index (χ1v) is 10.3. The molecule has 11 heteroatoms. The number of Topliss-reactive ketones (excluding diaryl/α,β-unsaturated/α-hetero) is 1. The van der Waals surface area contributed by atoms with Gasteiger partial charge in [0.2, 0.25) is 5.91 Å². The maximum Gasteiger partial charge on any atom is 0.416 e. The number of aromatic nitrogens is 3. The minimum atomic E-state index is -4.50. The van der Waals surface area contributed by atoms with Gasteiger partial charge < -0.3 is 14.6 Å². The van der Waals surface area contributed by atoms with E-state index in [1.165, 1.54) is 19.2 Å². The van der Waals surface area contributed by atoms with Crippen molar-refractivity contribution in [3.05, 3.63) is 65.5 Å². The Bertz CT molecular complexity index is 1130. The van der Waals surface area contributed by atoms with Crippen LogP contribution in [0.4, 0.5) is 18.9 Å². The third-order valence-electron chi connectivity index (χ3n) is 4.44. The Morgan fingerprint density at radius 3 is 2.59 bits per heavy atom. The molecule has 1 N–H and O–H groups in total. The molecule has 7 nitrogen and oxygen atoms in total. The standard InChI is InChI=1S/C21H19F3N4O3S/c1-28-18(11-19(30)25-15-7-4-6-14(10-15)21(22,23)24)26-27-20(28)32-12-17(29)13-5-3-8-16(9-13)31-2/h3-10H,11-12H2,1-2H3,(H,25,30). The lowest BCUT2D eigenvalue weighted by atomic mass is 10.1. The normalized spacial score (nSPS) is 11.3. The molecule has 3 aromatic rings. The predicted molar refractivity (Wildman–Crippen MR) is 113 cm³/mol. The second-order valence-corrected chi connectivity index (χ2v) is 7.65. The van der Waals surface area contributed by atoms with Crippen molar-refractivity contribution >= 4 is 29.1 Å². The molecule has 0 atom stereocenters. The van der Waals surface area contributed by atoms with Gasteiger partial charge in [0.05, 0.1) is 24.8 Å². The van der Waals surface area contributed by atoms with Crippen molar-refractivity contribution in [1.29, 1.82) is 0 Å². The van der Waals surface area contributed by atoms with Crippen LogP contribution in [0.2, 0.25) is 0 Å². The first kappa shape index (κ1) is 23.3. The summed E-state index contributed by atoms with van der Waals surface area (Å²) >= 11 is 1.16. The second-order valence-electron chi connectivity index (χ2n) is 6.71. The molecule has 0 radical (unpaired) electrons. The van der Waals surface area contributed by atoms with Crippen LogP contribution in [0, 0.1) is 0 Å².